The second-order valence-electron chi connectivity index (χ2n) is 7.31. The highest BCUT2D eigenvalue weighted by Crippen LogP contribution is 2.27. The van der Waals surface area contributed by atoms with E-state index in [0.29, 0.717) is 25.4 Å². The molecule has 0 bridgehead atoms. The third-order valence-corrected chi connectivity index (χ3v) is 5.22. The predicted octanol–water partition coefficient (Wildman–Crippen LogP) is 4.44. The number of unbranched alkanes of at least 4 members (excludes halogenated alkanes) is 1. The normalized spacial score (nSPS) is 14.3. The van der Waals surface area contributed by atoms with Crippen LogP contribution in [0.2, 0.25) is 5.15 Å². The molecule has 1 aromatic heterocycles. The van der Waals surface area contributed by atoms with Gasteiger partial charge in [0.25, 0.3) is 0 Å². The molecule has 0 spiro atoms. The quantitative estimate of drug-likeness (QED) is 0.276. The minimum atomic E-state index is -0.501. The molecule has 2 aromatic rings. The molecule has 166 valence electrons. The number of halogens is 1. The average Bonchev–Trinajstić information content (AvgIpc) is 2.75. The van der Waals surface area contributed by atoms with E-state index < -0.39 is 4.92 Å². The highest BCUT2D eigenvalue weighted by molar-refractivity contribution is 6.29. The van der Waals surface area contributed by atoms with Crippen molar-refractivity contribution in [2.24, 2.45) is 0 Å². The van der Waals surface area contributed by atoms with Gasteiger partial charge in [-0.15, -0.1) is 0 Å². The van der Waals surface area contributed by atoms with Gasteiger partial charge < -0.3 is 15.0 Å². The highest BCUT2D eigenvalue weighted by atomic mass is 35.5. The zero-order valence-corrected chi connectivity index (χ0v) is 18.2. The molecule has 1 aromatic carbocycles. The second kappa shape index (κ2) is 10.9. The molecule has 0 radical (unpaired) electrons. The van der Waals surface area contributed by atoms with Crippen molar-refractivity contribution in [2.45, 2.75) is 26.3 Å². The molecule has 1 aliphatic rings. The van der Waals surface area contributed by atoms with Gasteiger partial charge in [-0.25, -0.2) is 9.78 Å². The van der Waals surface area contributed by atoms with Gasteiger partial charge >= 0.3 is 11.8 Å². The summed E-state index contributed by atoms with van der Waals surface area (Å²) in [6, 6.07) is 10.3. The van der Waals surface area contributed by atoms with Crippen LogP contribution in [0.25, 0.3) is 0 Å². The smallest absolute Gasteiger partial charge is 0.409 e. The molecule has 1 fully saturated rings. The van der Waals surface area contributed by atoms with Crippen LogP contribution < -0.4 is 5.32 Å². The van der Waals surface area contributed by atoms with Crippen LogP contribution in [0.15, 0.2) is 36.4 Å². The molecular formula is C21H26ClN5O4. The van der Waals surface area contributed by atoms with E-state index >= 15 is 0 Å². The summed E-state index contributed by atoms with van der Waals surface area (Å²) < 4.78 is 5.27. The molecular weight excluding hydrogens is 422 g/mol. The van der Waals surface area contributed by atoms with E-state index in [1.54, 1.807) is 4.90 Å². The number of benzene rings is 1. The van der Waals surface area contributed by atoms with Gasteiger partial charge in [-0.1, -0.05) is 37.1 Å². The Morgan fingerprint density at radius 2 is 1.90 bits per heavy atom. The Morgan fingerprint density at radius 1 is 1.19 bits per heavy atom. The van der Waals surface area contributed by atoms with Crippen LogP contribution in [0.4, 0.5) is 22.0 Å². The van der Waals surface area contributed by atoms with E-state index in [4.69, 9.17) is 16.3 Å². The maximum absolute atomic E-state index is 12.0. The van der Waals surface area contributed by atoms with E-state index in [9.17, 15) is 14.9 Å². The van der Waals surface area contributed by atoms with Crippen molar-refractivity contribution in [3.63, 3.8) is 0 Å². The van der Waals surface area contributed by atoms with Crippen molar-refractivity contribution < 1.29 is 14.5 Å². The second-order valence-corrected chi connectivity index (χ2v) is 7.70. The largest absolute Gasteiger partial charge is 0.449 e. The number of carbonyl (C=O) groups is 1. The number of nitrogens with one attached hydrogen (secondary N) is 1. The molecule has 31 heavy (non-hydrogen) atoms. The van der Waals surface area contributed by atoms with Crippen molar-refractivity contribution in [1.82, 2.24) is 14.8 Å². The first-order chi connectivity index (χ1) is 15.0. The third kappa shape index (κ3) is 6.53. The Balaban J connectivity index is 1.51. The number of amides is 1. The lowest BCUT2D eigenvalue weighted by Crippen LogP contribution is -2.48. The number of nitro groups is 1. The van der Waals surface area contributed by atoms with Gasteiger partial charge in [0.2, 0.25) is 5.82 Å². The van der Waals surface area contributed by atoms with Crippen LogP contribution in [0.3, 0.4) is 0 Å². The van der Waals surface area contributed by atoms with Gasteiger partial charge in [0.15, 0.2) is 0 Å². The Labute approximate surface area is 186 Å². The fraction of sp³-hybridized carbons (Fsp3) is 0.429. The molecule has 0 atom stereocenters. The van der Waals surface area contributed by atoms with Crippen molar-refractivity contribution in [3.05, 3.63) is 57.2 Å². The lowest BCUT2D eigenvalue weighted by molar-refractivity contribution is -0.384. The molecule has 1 amide bonds. The zero-order chi connectivity index (χ0) is 22.2. The minimum absolute atomic E-state index is 0.104. The van der Waals surface area contributed by atoms with Gasteiger partial charge in [0, 0.05) is 44.5 Å². The number of pyridine rings is 1. The van der Waals surface area contributed by atoms with Gasteiger partial charge in [0.05, 0.1) is 11.5 Å². The van der Waals surface area contributed by atoms with E-state index in [0.717, 1.165) is 38.0 Å². The third-order valence-electron chi connectivity index (χ3n) is 5.01. The summed E-state index contributed by atoms with van der Waals surface area (Å²) in [6.07, 6.45) is 1.66. The SMILES string of the molecule is CCCCOC(=O)N1CCN(Cc2ccc(Nc3nc(Cl)ccc3[N+](=O)[O-])cc2)CC1. The van der Waals surface area contributed by atoms with Crippen LogP contribution in [0.1, 0.15) is 25.3 Å². The Kier molecular flexibility index (Phi) is 8.02. The number of piperazine rings is 1. The zero-order valence-electron chi connectivity index (χ0n) is 17.4. The number of anilines is 2. The Bertz CT molecular complexity index is 901. The van der Waals surface area contributed by atoms with Gasteiger partial charge in [-0.2, -0.15) is 0 Å². The van der Waals surface area contributed by atoms with E-state index in [1.807, 2.05) is 24.3 Å². The Hall–Kier alpha value is -2.91. The van der Waals surface area contributed by atoms with E-state index in [2.05, 4.69) is 22.1 Å². The van der Waals surface area contributed by atoms with Crippen molar-refractivity contribution in [1.29, 1.82) is 0 Å². The monoisotopic (exact) mass is 447 g/mol. The number of ether oxygens (including phenoxy) is 1. The number of hydrogen-bond acceptors (Lipinski definition) is 7. The van der Waals surface area contributed by atoms with Gasteiger partial charge in [-0.05, 0) is 30.2 Å². The molecule has 10 heteroatoms. The van der Waals surface area contributed by atoms with Gasteiger partial charge in [0.1, 0.15) is 5.15 Å². The molecule has 0 aliphatic carbocycles. The summed E-state index contributed by atoms with van der Waals surface area (Å²) in [7, 11) is 0. The summed E-state index contributed by atoms with van der Waals surface area (Å²) in [4.78, 5) is 30.8. The maximum Gasteiger partial charge on any atom is 0.409 e. The van der Waals surface area contributed by atoms with E-state index in [-0.39, 0.29) is 22.8 Å². The Morgan fingerprint density at radius 3 is 2.55 bits per heavy atom. The predicted molar refractivity (Wildman–Crippen MR) is 119 cm³/mol. The lowest BCUT2D eigenvalue weighted by Gasteiger charge is -2.34. The number of carbonyl (C=O) groups excluding carboxylic acids is 1. The van der Waals surface area contributed by atoms with Crippen LogP contribution in [-0.2, 0) is 11.3 Å². The topological polar surface area (TPSA) is 101 Å². The standard InChI is InChI=1S/C21H26ClN5O4/c1-2-3-14-31-21(28)26-12-10-25(11-13-26)15-16-4-6-17(7-5-16)23-20-18(27(29)30)8-9-19(22)24-20/h4-9H,2-3,10-15H2,1H3,(H,23,24). The first-order valence-corrected chi connectivity index (χ1v) is 10.6. The molecule has 2 heterocycles. The highest BCUT2D eigenvalue weighted by Gasteiger charge is 2.22. The van der Waals surface area contributed by atoms with Crippen molar-refractivity contribution >= 4 is 34.9 Å². The lowest BCUT2D eigenvalue weighted by atomic mass is 10.1. The molecule has 1 aliphatic heterocycles. The van der Waals surface area contributed by atoms with Crippen LogP contribution >= 0.6 is 11.6 Å². The first-order valence-electron chi connectivity index (χ1n) is 10.3. The molecule has 9 nitrogen and oxygen atoms in total. The molecule has 3 rings (SSSR count). The summed E-state index contributed by atoms with van der Waals surface area (Å²) in [5.74, 6) is 0.104. The molecule has 1 saturated heterocycles. The summed E-state index contributed by atoms with van der Waals surface area (Å²) in [5.41, 5.74) is 1.65. The number of aromatic nitrogens is 1. The van der Waals surface area contributed by atoms with E-state index in [1.165, 1.54) is 12.1 Å². The maximum atomic E-state index is 12.0. The average molecular weight is 448 g/mol. The van der Waals surface area contributed by atoms with Crippen LogP contribution in [0, 0.1) is 10.1 Å². The molecule has 0 saturated carbocycles. The fourth-order valence-electron chi connectivity index (χ4n) is 3.24. The number of rotatable bonds is 8. The summed E-state index contributed by atoms with van der Waals surface area (Å²) in [5, 5.41) is 14.3. The van der Waals surface area contributed by atoms with Crippen molar-refractivity contribution in [2.75, 3.05) is 38.1 Å². The summed E-state index contributed by atoms with van der Waals surface area (Å²) in [6.45, 7) is 6.15. The summed E-state index contributed by atoms with van der Waals surface area (Å²) >= 11 is 5.87. The number of hydrogen-bond donors (Lipinski definition) is 1. The first kappa shape index (κ1) is 22.8. The molecule has 1 N–H and O–H groups in total. The minimum Gasteiger partial charge on any atom is -0.449 e. The van der Waals surface area contributed by atoms with Gasteiger partial charge in [-0.3, -0.25) is 15.0 Å². The molecule has 0 unspecified atom stereocenters. The number of nitrogens with zero attached hydrogens (tertiary/aromatic N) is 4. The fourth-order valence-corrected chi connectivity index (χ4v) is 3.39. The van der Waals surface area contributed by atoms with Crippen LogP contribution in [-0.4, -0.2) is 58.6 Å². The van der Waals surface area contributed by atoms with Crippen LogP contribution in [0.5, 0.6) is 0 Å². The van der Waals surface area contributed by atoms with Crippen molar-refractivity contribution in [3.8, 4) is 0 Å².